The Morgan fingerprint density at radius 3 is 2.66 bits per heavy atom. The van der Waals surface area contributed by atoms with Crippen LogP contribution in [-0.4, -0.2) is 91.2 Å². The molecule has 3 unspecified atom stereocenters. The summed E-state index contributed by atoms with van der Waals surface area (Å²) in [5, 5.41) is 3.07. The lowest BCUT2D eigenvalue weighted by Gasteiger charge is -2.42. The number of nitrogens with one attached hydrogen (secondary N) is 1. The zero-order valence-corrected chi connectivity index (χ0v) is 17.3. The van der Waals surface area contributed by atoms with E-state index in [2.05, 4.69) is 17.1 Å². The Hall–Kier alpha value is -2.12. The van der Waals surface area contributed by atoms with Crippen LogP contribution in [0.1, 0.15) is 31.2 Å². The van der Waals surface area contributed by atoms with E-state index in [1.165, 1.54) is 12.8 Å². The molecule has 0 aromatic heterocycles. The molecular formula is C22H32N4O3. The Balaban J connectivity index is 1.42. The van der Waals surface area contributed by atoms with Crippen molar-refractivity contribution in [3.8, 4) is 0 Å². The third kappa shape index (κ3) is 4.56. The Labute approximate surface area is 173 Å². The lowest BCUT2D eigenvalue weighted by molar-refractivity contribution is -0.136. The van der Waals surface area contributed by atoms with Crippen LogP contribution in [0.15, 0.2) is 30.3 Å². The summed E-state index contributed by atoms with van der Waals surface area (Å²) in [7, 11) is 0. The molecule has 0 bridgehead atoms. The maximum absolute atomic E-state index is 13.2. The van der Waals surface area contributed by atoms with Crippen molar-refractivity contribution in [2.75, 3.05) is 52.5 Å². The van der Waals surface area contributed by atoms with Gasteiger partial charge in [0.1, 0.15) is 0 Å². The van der Waals surface area contributed by atoms with Gasteiger partial charge in [-0.05, 0) is 31.9 Å². The molecule has 3 heterocycles. The summed E-state index contributed by atoms with van der Waals surface area (Å²) >= 11 is 0. The average molecular weight is 401 g/mol. The molecule has 0 aliphatic carbocycles. The Morgan fingerprint density at radius 2 is 1.90 bits per heavy atom. The highest BCUT2D eigenvalue weighted by atomic mass is 16.5. The van der Waals surface area contributed by atoms with E-state index in [1.54, 1.807) is 0 Å². The van der Waals surface area contributed by atoms with Crippen molar-refractivity contribution in [2.45, 2.75) is 37.8 Å². The average Bonchev–Trinajstić information content (AvgIpc) is 3.21. The Morgan fingerprint density at radius 1 is 1.14 bits per heavy atom. The highest BCUT2D eigenvalue weighted by Gasteiger charge is 2.37. The molecule has 3 amide bonds. The fourth-order valence-corrected chi connectivity index (χ4v) is 4.80. The van der Waals surface area contributed by atoms with Crippen molar-refractivity contribution in [3.63, 3.8) is 0 Å². The molecule has 7 heteroatoms. The van der Waals surface area contributed by atoms with Gasteiger partial charge >= 0.3 is 6.03 Å². The molecule has 1 aromatic carbocycles. The standard InChI is InChI=1S/C22H32N4O3/c1-17-15-25-9-5-8-19(25)16-26(17)22(28)23-14-20(18-6-3-2-4-7-18)21(27)24-10-12-29-13-11-24/h2-4,6-7,17,19-20H,5,8-16H2,1H3,(H,23,28). The SMILES string of the molecule is CC1CN2CCCC2CN1C(=O)NCC(C(=O)N1CCOCC1)c1ccccc1. The summed E-state index contributed by atoms with van der Waals surface area (Å²) in [6.07, 6.45) is 2.38. The van der Waals surface area contributed by atoms with Crippen LogP contribution in [0.25, 0.3) is 0 Å². The van der Waals surface area contributed by atoms with Crippen LogP contribution in [0.2, 0.25) is 0 Å². The van der Waals surface area contributed by atoms with Crippen molar-refractivity contribution in [3.05, 3.63) is 35.9 Å². The Bertz CT molecular complexity index is 707. The van der Waals surface area contributed by atoms with E-state index in [4.69, 9.17) is 4.74 Å². The van der Waals surface area contributed by atoms with Gasteiger partial charge in [0.05, 0.1) is 19.1 Å². The van der Waals surface area contributed by atoms with Gasteiger partial charge in [-0.15, -0.1) is 0 Å². The molecule has 3 fully saturated rings. The molecule has 0 spiro atoms. The summed E-state index contributed by atoms with van der Waals surface area (Å²) in [5.41, 5.74) is 0.943. The minimum absolute atomic E-state index is 0.0558. The van der Waals surface area contributed by atoms with Gasteiger partial charge in [-0.3, -0.25) is 9.69 Å². The van der Waals surface area contributed by atoms with E-state index in [9.17, 15) is 9.59 Å². The molecular weight excluding hydrogens is 368 g/mol. The molecule has 0 saturated carbocycles. The van der Waals surface area contributed by atoms with E-state index in [1.807, 2.05) is 40.1 Å². The Kier molecular flexibility index (Phi) is 6.35. The molecule has 1 N–H and O–H groups in total. The minimum Gasteiger partial charge on any atom is -0.378 e. The highest BCUT2D eigenvalue weighted by molar-refractivity contribution is 5.85. The van der Waals surface area contributed by atoms with Crippen molar-refractivity contribution in [1.82, 2.24) is 20.0 Å². The van der Waals surface area contributed by atoms with Gasteiger partial charge in [0, 0.05) is 44.8 Å². The first-order valence-electron chi connectivity index (χ1n) is 10.8. The van der Waals surface area contributed by atoms with Gasteiger partial charge in [0.2, 0.25) is 5.91 Å². The fourth-order valence-electron chi connectivity index (χ4n) is 4.80. The van der Waals surface area contributed by atoms with Gasteiger partial charge in [-0.25, -0.2) is 4.79 Å². The molecule has 3 aliphatic heterocycles. The molecule has 3 atom stereocenters. The predicted octanol–water partition coefficient (Wildman–Crippen LogP) is 1.51. The summed E-state index contributed by atoms with van der Waals surface area (Å²) in [6.45, 7) is 7.65. The number of hydrogen-bond acceptors (Lipinski definition) is 4. The normalized spacial score (nSPS) is 26.1. The van der Waals surface area contributed by atoms with Crippen LogP contribution < -0.4 is 5.32 Å². The minimum atomic E-state index is -0.374. The number of carbonyl (C=O) groups is 2. The number of benzene rings is 1. The van der Waals surface area contributed by atoms with Crippen LogP contribution in [0.4, 0.5) is 4.79 Å². The number of amides is 3. The zero-order chi connectivity index (χ0) is 20.2. The highest BCUT2D eigenvalue weighted by Crippen LogP contribution is 2.25. The largest absolute Gasteiger partial charge is 0.378 e. The summed E-state index contributed by atoms with van der Waals surface area (Å²) in [5.74, 6) is -0.310. The summed E-state index contributed by atoms with van der Waals surface area (Å²) in [4.78, 5) is 32.5. The third-order valence-electron chi connectivity index (χ3n) is 6.48. The number of piperazine rings is 1. The molecule has 1 aromatic rings. The lowest BCUT2D eigenvalue weighted by atomic mass is 9.97. The van der Waals surface area contributed by atoms with Gasteiger partial charge in [0.25, 0.3) is 0 Å². The van der Waals surface area contributed by atoms with Gasteiger partial charge in [-0.2, -0.15) is 0 Å². The van der Waals surface area contributed by atoms with Gasteiger partial charge < -0.3 is 19.9 Å². The van der Waals surface area contributed by atoms with Crippen molar-refractivity contribution >= 4 is 11.9 Å². The van der Waals surface area contributed by atoms with Gasteiger partial charge in [-0.1, -0.05) is 30.3 Å². The zero-order valence-electron chi connectivity index (χ0n) is 17.3. The number of nitrogens with zero attached hydrogens (tertiary/aromatic N) is 3. The van der Waals surface area contributed by atoms with Crippen LogP contribution in [0, 0.1) is 0 Å². The number of carbonyl (C=O) groups excluding carboxylic acids is 2. The number of rotatable bonds is 4. The topological polar surface area (TPSA) is 65.1 Å². The fraction of sp³-hybridized carbons (Fsp3) is 0.636. The number of fused-ring (bicyclic) bond motifs is 1. The lowest BCUT2D eigenvalue weighted by Crippen LogP contribution is -2.59. The predicted molar refractivity (Wildman–Crippen MR) is 111 cm³/mol. The van der Waals surface area contributed by atoms with Crippen LogP contribution >= 0.6 is 0 Å². The monoisotopic (exact) mass is 400 g/mol. The molecule has 29 heavy (non-hydrogen) atoms. The van der Waals surface area contributed by atoms with E-state index < -0.39 is 0 Å². The summed E-state index contributed by atoms with van der Waals surface area (Å²) < 4.78 is 5.38. The summed E-state index contributed by atoms with van der Waals surface area (Å²) in [6, 6.07) is 10.4. The number of hydrogen-bond donors (Lipinski definition) is 1. The first-order chi connectivity index (χ1) is 14.1. The molecule has 158 valence electrons. The van der Waals surface area contributed by atoms with Gasteiger partial charge in [0.15, 0.2) is 0 Å². The van der Waals surface area contributed by atoms with Crippen molar-refractivity contribution in [2.24, 2.45) is 0 Å². The molecule has 4 rings (SSSR count). The van der Waals surface area contributed by atoms with Crippen LogP contribution in [0.5, 0.6) is 0 Å². The second kappa shape index (κ2) is 9.13. The number of urea groups is 1. The van der Waals surface area contributed by atoms with Crippen LogP contribution in [-0.2, 0) is 9.53 Å². The van der Waals surface area contributed by atoms with E-state index in [-0.39, 0.29) is 23.9 Å². The van der Waals surface area contributed by atoms with E-state index in [0.29, 0.717) is 38.9 Å². The maximum atomic E-state index is 13.2. The second-order valence-electron chi connectivity index (χ2n) is 8.38. The molecule has 7 nitrogen and oxygen atoms in total. The van der Waals surface area contributed by atoms with E-state index >= 15 is 0 Å². The van der Waals surface area contributed by atoms with E-state index in [0.717, 1.165) is 25.2 Å². The molecule has 3 aliphatic rings. The maximum Gasteiger partial charge on any atom is 0.317 e. The third-order valence-corrected chi connectivity index (χ3v) is 6.48. The quantitative estimate of drug-likeness (QED) is 0.832. The molecule has 3 saturated heterocycles. The van der Waals surface area contributed by atoms with Crippen molar-refractivity contribution in [1.29, 1.82) is 0 Å². The van der Waals surface area contributed by atoms with Crippen molar-refractivity contribution < 1.29 is 14.3 Å². The second-order valence-corrected chi connectivity index (χ2v) is 8.38. The number of morpholine rings is 1. The first-order valence-corrected chi connectivity index (χ1v) is 10.8. The smallest absolute Gasteiger partial charge is 0.317 e. The number of ether oxygens (including phenoxy) is 1. The van der Waals surface area contributed by atoms with Crippen LogP contribution in [0.3, 0.4) is 0 Å². The molecule has 0 radical (unpaired) electrons. The first kappa shape index (κ1) is 20.2.